The van der Waals surface area contributed by atoms with Gasteiger partial charge in [0.05, 0.1) is 18.2 Å². The second-order valence-corrected chi connectivity index (χ2v) is 6.57. The van der Waals surface area contributed by atoms with Crippen LogP contribution < -0.4 is 15.0 Å². The molecule has 27 heavy (non-hydrogen) atoms. The Bertz CT molecular complexity index is 807. The molecule has 0 aliphatic carbocycles. The number of nitrogens with one attached hydrogen (secondary N) is 1. The highest BCUT2D eigenvalue weighted by Gasteiger charge is 2.36. The summed E-state index contributed by atoms with van der Waals surface area (Å²) in [7, 11) is 0. The molecule has 2 amide bonds. The molecule has 6 heteroatoms. The fourth-order valence-electron chi connectivity index (χ4n) is 3.00. The summed E-state index contributed by atoms with van der Waals surface area (Å²) in [5, 5.41) is 2.82. The number of hydrogen-bond acceptors (Lipinski definition) is 3. The van der Waals surface area contributed by atoms with E-state index in [4.69, 9.17) is 4.74 Å². The van der Waals surface area contributed by atoms with Gasteiger partial charge in [0.1, 0.15) is 11.6 Å². The minimum absolute atomic E-state index is 0.0678. The Morgan fingerprint density at radius 2 is 1.96 bits per heavy atom. The topological polar surface area (TPSA) is 58.6 Å². The molecule has 2 aromatic carbocycles. The van der Waals surface area contributed by atoms with Gasteiger partial charge in [0, 0.05) is 18.7 Å². The first-order valence-corrected chi connectivity index (χ1v) is 9.17. The first kappa shape index (κ1) is 18.9. The standard InChI is InChI=1S/C21H23FN2O3/c1-2-3-12-27-17-10-8-16(9-11-17)23-21(26)15-13-20(25)24(14-15)19-7-5-4-6-18(19)22/h4-11,15H,2-3,12-14H2,1H3,(H,23,26)/t15-/m1/s1. The lowest BCUT2D eigenvalue weighted by Gasteiger charge is -2.17. The van der Waals surface area contributed by atoms with Crippen molar-refractivity contribution in [2.45, 2.75) is 26.2 Å². The molecule has 1 saturated heterocycles. The number of anilines is 2. The van der Waals surface area contributed by atoms with Gasteiger partial charge in [-0.2, -0.15) is 0 Å². The van der Waals surface area contributed by atoms with E-state index in [-0.39, 0.29) is 30.5 Å². The van der Waals surface area contributed by atoms with Crippen LogP contribution in [0.25, 0.3) is 0 Å². The third-order valence-corrected chi connectivity index (χ3v) is 4.53. The molecule has 0 saturated carbocycles. The van der Waals surface area contributed by atoms with Gasteiger partial charge in [0.2, 0.25) is 11.8 Å². The Morgan fingerprint density at radius 1 is 1.22 bits per heavy atom. The van der Waals surface area contributed by atoms with Crippen molar-refractivity contribution in [1.29, 1.82) is 0 Å². The molecule has 1 fully saturated rings. The Kier molecular flexibility index (Phi) is 6.06. The Morgan fingerprint density at radius 3 is 2.67 bits per heavy atom. The summed E-state index contributed by atoms with van der Waals surface area (Å²) in [6.45, 7) is 2.94. The predicted molar refractivity (Wildman–Crippen MR) is 102 cm³/mol. The van der Waals surface area contributed by atoms with E-state index < -0.39 is 11.7 Å². The number of carbonyl (C=O) groups excluding carboxylic acids is 2. The van der Waals surface area contributed by atoms with Crippen molar-refractivity contribution in [2.24, 2.45) is 5.92 Å². The summed E-state index contributed by atoms with van der Waals surface area (Å²) in [4.78, 5) is 26.1. The number of unbranched alkanes of at least 4 members (excludes halogenated alkanes) is 1. The smallest absolute Gasteiger partial charge is 0.229 e. The number of rotatable bonds is 7. The SMILES string of the molecule is CCCCOc1ccc(NC(=O)[C@@H]2CC(=O)N(c3ccccc3F)C2)cc1. The van der Waals surface area contributed by atoms with Gasteiger partial charge in [-0.05, 0) is 42.8 Å². The highest BCUT2D eigenvalue weighted by Crippen LogP contribution is 2.28. The van der Waals surface area contributed by atoms with Crippen LogP contribution in [0.5, 0.6) is 5.75 Å². The van der Waals surface area contributed by atoms with Crippen LogP contribution in [0.1, 0.15) is 26.2 Å². The molecule has 1 atom stereocenters. The van der Waals surface area contributed by atoms with E-state index in [0.717, 1.165) is 18.6 Å². The second kappa shape index (κ2) is 8.66. The lowest BCUT2D eigenvalue weighted by Crippen LogP contribution is -2.28. The van der Waals surface area contributed by atoms with E-state index >= 15 is 0 Å². The van der Waals surface area contributed by atoms with E-state index in [9.17, 15) is 14.0 Å². The zero-order valence-electron chi connectivity index (χ0n) is 15.3. The number of amides is 2. The van der Waals surface area contributed by atoms with E-state index in [0.29, 0.717) is 12.3 Å². The maximum Gasteiger partial charge on any atom is 0.229 e. The van der Waals surface area contributed by atoms with Gasteiger partial charge in [0.15, 0.2) is 0 Å². The number of hydrogen-bond donors (Lipinski definition) is 1. The lowest BCUT2D eigenvalue weighted by molar-refractivity contribution is -0.122. The molecule has 1 heterocycles. The van der Waals surface area contributed by atoms with Gasteiger partial charge in [-0.3, -0.25) is 9.59 Å². The van der Waals surface area contributed by atoms with Crippen molar-refractivity contribution < 1.29 is 18.7 Å². The Hall–Kier alpha value is -2.89. The Labute approximate surface area is 158 Å². The first-order valence-electron chi connectivity index (χ1n) is 9.17. The summed E-state index contributed by atoms with van der Waals surface area (Å²) in [6, 6.07) is 13.2. The normalized spacial score (nSPS) is 16.4. The van der Waals surface area contributed by atoms with Crippen molar-refractivity contribution in [2.75, 3.05) is 23.4 Å². The van der Waals surface area contributed by atoms with Crippen molar-refractivity contribution in [1.82, 2.24) is 0 Å². The molecular weight excluding hydrogens is 347 g/mol. The molecule has 142 valence electrons. The third kappa shape index (κ3) is 4.64. The number of nitrogens with zero attached hydrogens (tertiary/aromatic N) is 1. The molecule has 0 spiro atoms. The summed E-state index contributed by atoms with van der Waals surface area (Å²) in [5.41, 5.74) is 0.853. The fraction of sp³-hybridized carbons (Fsp3) is 0.333. The largest absolute Gasteiger partial charge is 0.494 e. The minimum Gasteiger partial charge on any atom is -0.494 e. The number of carbonyl (C=O) groups is 2. The summed E-state index contributed by atoms with van der Waals surface area (Å²) < 4.78 is 19.5. The average molecular weight is 370 g/mol. The maximum atomic E-state index is 13.9. The molecule has 0 radical (unpaired) electrons. The van der Waals surface area contributed by atoms with Gasteiger partial charge >= 0.3 is 0 Å². The second-order valence-electron chi connectivity index (χ2n) is 6.57. The highest BCUT2D eigenvalue weighted by atomic mass is 19.1. The van der Waals surface area contributed by atoms with Crippen molar-refractivity contribution in [3.8, 4) is 5.75 Å². The van der Waals surface area contributed by atoms with Gasteiger partial charge in [-0.1, -0.05) is 25.5 Å². The van der Waals surface area contributed by atoms with E-state index in [1.807, 2.05) is 0 Å². The lowest BCUT2D eigenvalue weighted by atomic mass is 10.1. The first-order chi connectivity index (χ1) is 13.1. The number of ether oxygens (including phenoxy) is 1. The van der Waals surface area contributed by atoms with Crippen LogP contribution in [-0.4, -0.2) is 25.0 Å². The molecule has 2 aromatic rings. The van der Waals surface area contributed by atoms with Gasteiger partial charge in [-0.15, -0.1) is 0 Å². The van der Waals surface area contributed by atoms with E-state index in [1.165, 1.54) is 11.0 Å². The number of benzene rings is 2. The quantitative estimate of drug-likeness (QED) is 0.750. The van der Waals surface area contributed by atoms with Crippen LogP contribution >= 0.6 is 0 Å². The van der Waals surface area contributed by atoms with Crippen LogP contribution in [0.3, 0.4) is 0 Å². The fourth-order valence-corrected chi connectivity index (χ4v) is 3.00. The zero-order valence-corrected chi connectivity index (χ0v) is 15.3. The zero-order chi connectivity index (χ0) is 19.2. The molecular formula is C21H23FN2O3. The summed E-state index contributed by atoms with van der Waals surface area (Å²) in [5.74, 6) is -0.729. The monoisotopic (exact) mass is 370 g/mol. The molecule has 1 aliphatic heterocycles. The predicted octanol–water partition coefficient (Wildman–Crippen LogP) is 4.00. The molecule has 1 N–H and O–H groups in total. The third-order valence-electron chi connectivity index (χ3n) is 4.53. The van der Waals surface area contributed by atoms with E-state index in [1.54, 1.807) is 42.5 Å². The summed E-state index contributed by atoms with van der Waals surface area (Å²) >= 11 is 0. The van der Waals surface area contributed by atoms with Gasteiger partial charge < -0.3 is 15.0 Å². The summed E-state index contributed by atoms with van der Waals surface area (Å²) in [6.07, 6.45) is 2.13. The van der Waals surface area contributed by atoms with Gasteiger partial charge in [-0.25, -0.2) is 4.39 Å². The Balaban J connectivity index is 1.59. The molecule has 1 aliphatic rings. The molecule has 0 aromatic heterocycles. The molecule has 0 unspecified atom stereocenters. The maximum absolute atomic E-state index is 13.9. The van der Waals surface area contributed by atoms with Crippen molar-refractivity contribution in [3.05, 3.63) is 54.3 Å². The van der Waals surface area contributed by atoms with Crippen LogP contribution in [0, 0.1) is 11.7 Å². The molecule has 5 nitrogen and oxygen atoms in total. The van der Waals surface area contributed by atoms with Gasteiger partial charge in [0.25, 0.3) is 0 Å². The average Bonchev–Trinajstić information content (AvgIpc) is 3.05. The highest BCUT2D eigenvalue weighted by molar-refractivity contribution is 6.03. The number of para-hydroxylation sites is 1. The number of halogens is 1. The van der Waals surface area contributed by atoms with Crippen LogP contribution in [-0.2, 0) is 9.59 Å². The van der Waals surface area contributed by atoms with Crippen LogP contribution in [0.15, 0.2) is 48.5 Å². The van der Waals surface area contributed by atoms with Crippen molar-refractivity contribution >= 4 is 23.2 Å². The van der Waals surface area contributed by atoms with Crippen LogP contribution in [0.4, 0.5) is 15.8 Å². The van der Waals surface area contributed by atoms with E-state index in [2.05, 4.69) is 12.2 Å². The minimum atomic E-state index is -0.516. The van der Waals surface area contributed by atoms with Crippen molar-refractivity contribution in [3.63, 3.8) is 0 Å². The van der Waals surface area contributed by atoms with Crippen LogP contribution in [0.2, 0.25) is 0 Å². The molecule has 0 bridgehead atoms. The molecule has 3 rings (SSSR count).